The first-order valence-corrected chi connectivity index (χ1v) is 8.06. The summed E-state index contributed by atoms with van der Waals surface area (Å²) in [6, 6.07) is 9.72. The van der Waals surface area contributed by atoms with Gasteiger partial charge in [-0.3, -0.25) is 4.99 Å². The number of hydrogen-bond acceptors (Lipinski definition) is 3. The molecule has 0 amide bonds. The summed E-state index contributed by atoms with van der Waals surface area (Å²) in [7, 11) is 0. The number of nitrogens with one attached hydrogen (secondary N) is 2. The van der Waals surface area contributed by atoms with Crippen LogP contribution in [-0.2, 0) is 0 Å². The van der Waals surface area contributed by atoms with Crippen LogP contribution in [-0.4, -0.2) is 42.9 Å². The molecule has 0 saturated heterocycles. The first kappa shape index (κ1) is 22.0. The van der Waals surface area contributed by atoms with Crippen molar-refractivity contribution in [2.45, 2.75) is 39.2 Å². The van der Waals surface area contributed by atoms with Crippen LogP contribution in [0.2, 0.25) is 0 Å². The van der Waals surface area contributed by atoms with Crippen molar-refractivity contribution in [1.29, 1.82) is 0 Å². The van der Waals surface area contributed by atoms with Crippen LogP contribution in [0.3, 0.4) is 0 Å². The van der Waals surface area contributed by atoms with Crippen molar-refractivity contribution in [2.24, 2.45) is 4.99 Å². The van der Waals surface area contributed by atoms with Crippen molar-refractivity contribution in [3.05, 3.63) is 30.3 Å². The topological polar surface area (TPSA) is 65.9 Å². The lowest BCUT2D eigenvalue weighted by molar-refractivity contribution is 0.0418. The second-order valence-corrected chi connectivity index (χ2v) is 5.21. The van der Waals surface area contributed by atoms with Crippen molar-refractivity contribution < 1.29 is 9.84 Å². The average molecular weight is 435 g/mol. The molecule has 1 rings (SSSR count). The van der Waals surface area contributed by atoms with Crippen LogP contribution in [0.5, 0.6) is 5.75 Å². The Labute approximate surface area is 156 Å². The Kier molecular flexibility index (Phi) is 11.9. The molecule has 0 aliphatic carbocycles. The molecular weight excluding hydrogens is 405 g/mol. The van der Waals surface area contributed by atoms with Crippen molar-refractivity contribution in [3.8, 4) is 5.75 Å². The van der Waals surface area contributed by atoms with E-state index in [-0.39, 0.29) is 24.0 Å². The second-order valence-electron chi connectivity index (χ2n) is 5.21. The first-order valence-electron chi connectivity index (χ1n) is 8.06. The lowest BCUT2D eigenvalue weighted by atomic mass is 9.98. The Morgan fingerprint density at radius 1 is 1.13 bits per heavy atom. The molecule has 0 saturated carbocycles. The number of halogens is 1. The van der Waals surface area contributed by atoms with Crippen LogP contribution >= 0.6 is 24.0 Å². The van der Waals surface area contributed by atoms with Gasteiger partial charge >= 0.3 is 0 Å². The number of para-hydroxylation sites is 1. The Morgan fingerprint density at radius 2 is 1.78 bits per heavy atom. The number of nitrogens with zero attached hydrogens (tertiary/aromatic N) is 1. The van der Waals surface area contributed by atoms with Gasteiger partial charge in [-0.15, -0.1) is 24.0 Å². The molecule has 0 heterocycles. The third-order valence-electron chi connectivity index (χ3n) is 3.60. The van der Waals surface area contributed by atoms with Crippen LogP contribution in [0.4, 0.5) is 0 Å². The van der Waals surface area contributed by atoms with E-state index in [0.717, 1.165) is 12.3 Å². The fourth-order valence-corrected chi connectivity index (χ4v) is 1.90. The van der Waals surface area contributed by atoms with Crippen molar-refractivity contribution in [2.75, 3.05) is 26.2 Å². The minimum absolute atomic E-state index is 0. The maximum atomic E-state index is 10.3. The Balaban J connectivity index is 0.00000484. The Morgan fingerprint density at radius 3 is 2.35 bits per heavy atom. The fraction of sp³-hybridized carbons (Fsp3) is 0.588. The van der Waals surface area contributed by atoms with Gasteiger partial charge < -0.3 is 20.5 Å². The Bertz CT molecular complexity index is 437. The zero-order valence-electron chi connectivity index (χ0n) is 14.3. The first-order chi connectivity index (χ1) is 10.6. The van der Waals surface area contributed by atoms with Crippen molar-refractivity contribution in [3.63, 3.8) is 0 Å². The van der Waals surface area contributed by atoms with Crippen LogP contribution in [0, 0.1) is 0 Å². The van der Waals surface area contributed by atoms with Crippen LogP contribution in [0.25, 0.3) is 0 Å². The van der Waals surface area contributed by atoms with E-state index in [1.165, 1.54) is 0 Å². The average Bonchev–Trinajstić information content (AvgIpc) is 2.57. The molecule has 0 bridgehead atoms. The summed E-state index contributed by atoms with van der Waals surface area (Å²) in [6.45, 7) is 8.36. The van der Waals surface area contributed by atoms with Gasteiger partial charge in [0.1, 0.15) is 12.4 Å². The minimum atomic E-state index is -0.719. The highest BCUT2D eigenvalue weighted by atomic mass is 127. The predicted molar refractivity (Wildman–Crippen MR) is 107 cm³/mol. The lowest BCUT2D eigenvalue weighted by Crippen LogP contribution is -2.41. The SMILES string of the molecule is CCNC(=NCC(O)(CC)CC)NCCOc1ccccc1.I. The van der Waals surface area contributed by atoms with Crippen LogP contribution < -0.4 is 15.4 Å². The third-order valence-corrected chi connectivity index (χ3v) is 3.60. The molecular formula is C17H30IN3O2. The van der Waals surface area contributed by atoms with Gasteiger partial charge in [0, 0.05) is 6.54 Å². The molecule has 23 heavy (non-hydrogen) atoms. The number of rotatable bonds is 9. The number of aliphatic imine (C=N–C) groups is 1. The molecule has 0 fully saturated rings. The quantitative estimate of drug-likeness (QED) is 0.242. The molecule has 5 nitrogen and oxygen atoms in total. The lowest BCUT2D eigenvalue weighted by Gasteiger charge is -2.23. The van der Waals surface area contributed by atoms with Gasteiger partial charge in [0.15, 0.2) is 5.96 Å². The van der Waals surface area contributed by atoms with Gasteiger partial charge in [-0.2, -0.15) is 0 Å². The summed E-state index contributed by atoms with van der Waals surface area (Å²) in [5.74, 6) is 1.57. The van der Waals surface area contributed by atoms with Crippen molar-refractivity contribution >= 4 is 29.9 Å². The number of hydrogen-bond donors (Lipinski definition) is 3. The minimum Gasteiger partial charge on any atom is -0.492 e. The molecule has 0 spiro atoms. The van der Waals surface area contributed by atoms with Crippen LogP contribution in [0.1, 0.15) is 33.6 Å². The van der Waals surface area contributed by atoms with E-state index in [1.807, 2.05) is 51.1 Å². The van der Waals surface area contributed by atoms with E-state index >= 15 is 0 Å². The summed E-state index contributed by atoms with van der Waals surface area (Å²) in [6.07, 6.45) is 1.40. The molecule has 0 radical (unpaired) electrons. The van der Waals surface area contributed by atoms with Gasteiger partial charge in [0.25, 0.3) is 0 Å². The maximum Gasteiger partial charge on any atom is 0.191 e. The molecule has 0 aliphatic rings. The van der Waals surface area contributed by atoms with Gasteiger partial charge in [0.05, 0.1) is 18.7 Å². The van der Waals surface area contributed by atoms with E-state index in [9.17, 15) is 5.11 Å². The molecule has 0 aliphatic heterocycles. The standard InChI is InChI=1S/C17H29N3O2.HI/c1-4-17(21,5-2)14-20-16(18-6-3)19-12-13-22-15-10-8-7-9-11-15;/h7-11,21H,4-6,12-14H2,1-3H3,(H2,18,19,20);1H. The largest absolute Gasteiger partial charge is 0.492 e. The Hall–Kier alpha value is -1.02. The van der Waals surface area contributed by atoms with E-state index in [4.69, 9.17) is 4.74 Å². The molecule has 1 aromatic rings. The van der Waals surface area contributed by atoms with E-state index < -0.39 is 5.60 Å². The van der Waals surface area contributed by atoms with E-state index in [0.29, 0.717) is 38.5 Å². The summed E-state index contributed by atoms with van der Waals surface area (Å²) < 4.78 is 5.63. The van der Waals surface area contributed by atoms with Gasteiger partial charge in [-0.25, -0.2) is 0 Å². The summed E-state index contributed by atoms with van der Waals surface area (Å²) in [5.41, 5.74) is -0.719. The number of guanidine groups is 1. The highest BCUT2D eigenvalue weighted by Gasteiger charge is 2.21. The predicted octanol–water partition coefficient (Wildman–Crippen LogP) is 2.79. The summed E-state index contributed by atoms with van der Waals surface area (Å²) >= 11 is 0. The third kappa shape index (κ3) is 9.00. The number of aliphatic hydroxyl groups is 1. The molecule has 6 heteroatoms. The molecule has 0 aromatic heterocycles. The zero-order chi connectivity index (χ0) is 16.3. The monoisotopic (exact) mass is 435 g/mol. The summed E-state index contributed by atoms with van der Waals surface area (Å²) in [5, 5.41) is 16.7. The van der Waals surface area contributed by atoms with Gasteiger partial charge in [-0.1, -0.05) is 32.0 Å². The molecule has 0 unspecified atom stereocenters. The second kappa shape index (κ2) is 12.4. The van der Waals surface area contributed by atoms with E-state index in [1.54, 1.807) is 0 Å². The number of ether oxygens (including phenoxy) is 1. The highest BCUT2D eigenvalue weighted by molar-refractivity contribution is 14.0. The highest BCUT2D eigenvalue weighted by Crippen LogP contribution is 2.14. The molecule has 132 valence electrons. The summed E-state index contributed by atoms with van der Waals surface area (Å²) in [4.78, 5) is 4.46. The maximum absolute atomic E-state index is 10.3. The van der Waals surface area contributed by atoms with Gasteiger partial charge in [-0.05, 0) is 31.9 Å². The van der Waals surface area contributed by atoms with E-state index in [2.05, 4.69) is 15.6 Å². The molecule has 3 N–H and O–H groups in total. The molecule has 1 aromatic carbocycles. The fourth-order valence-electron chi connectivity index (χ4n) is 1.90. The smallest absolute Gasteiger partial charge is 0.191 e. The molecule has 0 atom stereocenters. The van der Waals surface area contributed by atoms with Crippen LogP contribution in [0.15, 0.2) is 35.3 Å². The normalized spacial score (nSPS) is 11.6. The number of benzene rings is 1. The van der Waals surface area contributed by atoms with Gasteiger partial charge in [0.2, 0.25) is 0 Å². The zero-order valence-corrected chi connectivity index (χ0v) is 16.7. The van der Waals surface area contributed by atoms with Crippen molar-refractivity contribution in [1.82, 2.24) is 10.6 Å².